The SMILES string of the molecule is CC(=O)O[C@@H]1C[C@]2(C)C3(CO3)[C@H]1O[C@H]1C(S(=O)(=O)O)[C@@H](C)C(=O)[C@@H](O)[C@]12CO. The molecule has 158 valence electrons. The molecule has 9 atom stereocenters. The number of hydrogen-bond acceptors (Lipinski definition) is 9. The fourth-order valence-electron chi connectivity index (χ4n) is 6.07. The van der Waals surface area contributed by atoms with E-state index >= 15 is 0 Å². The Bertz CT molecular complexity index is 835. The van der Waals surface area contributed by atoms with Crippen molar-refractivity contribution in [3.05, 3.63) is 0 Å². The minimum Gasteiger partial charge on any atom is -0.460 e. The highest BCUT2D eigenvalue weighted by Crippen LogP contribution is 2.72. The zero-order chi connectivity index (χ0) is 20.9. The molecule has 2 aliphatic carbocycles. The van der Waals surface area contributed by atoms with Crippen LogP contribution in [-0.4, -0.2) is 83.4 Å². The van der Waals surface area contributed by atoms with E-state index in [1.807, 2.05) is 0 Å². The van der Waals surface area contributed by atoms with Crippen LogP contribution in [0.1, 0.15) is 27.2 Å². The monoisotopic (exact) mass is 420 g/mol. The maximum Gasteiger partial charge on any atom is 0.302 e. The fourth-order valence-corrected chi connectivity index (χ4v) is 7.34. The van der Waals surface area contributed by atoms with Crippen molar-refractivity contribution in [3.8, 4) is 0 Å². The number of fused-ring (bicyclic) bond motifs is 2. The van der Waals surface area contributed by atoms with Gasteiger partial charge in [0.25, 0.3) is 10.1 Å². The molecule has 0 aromatic heterocycles. The summed E-state index contributed by atoms with van der Waals surface area (Å²) in [5.41, 5.74) is -3.92. The summed E-state index contributed by atoms with van der Waals surface area (Å²) in [4.78, 5) is 24.4. The Hall–Kier alpha value is -1.11. The molecule has 1 spiro atoms. The molecule has 2 saturated heterocycles. The maximum absolute atomic E-state index is 12.8. The topological polar surface area (TPSA) is 160 Å². The van der Waals surface area contributed by atoms with Gasteiger partial charge in [0.1, 0.15) is 29.2 Å². The van der Waals surface area contributed by atoms with Crippen molar-refractivity contribution in [2.45, 2.75) is 62.5 Å². The molecule has 2 saturated carbocycles. The van der Waals surface area contributed by atoms with Gasteiger partial charge in [0.05, 0.1) is 24.7 Å². The number of carbonyl (C=O) groups is 2. The van der Waals surface area contributed by atoms with Gasteiger partial charge in [-0.15, -0.1) is 0 Å². The summed E-state index contributed by atoms with van der Waals surface area (Å²) in [7, 11) is -4.77. The van der Waals surface area contributed by atoms with E-state index in [0.717, 1.165) is 0 Å². The van der Waals surface area contributed by atoms with Crippen molar-refractivity contribution >= 4 is 21.9 Å². The van der Waals surface area contributed by atoms with E-state index in [-0.39, 0.29) is 13.0 Å². The number of epoxide rings is 1. The van der Waals surface area contributed by atoms with Gasteiger partial charge < -0.3 is 24.4 Å². The first-order chi connectivity index (χ1) is 12.9. The van der Waals surface area contributed by atoms with Crippen molar-refractivity contribution < 1.29 is 47.0 Å². The zero-order valence-electron chi connectivity index (χ0n) is 15.7. The van der Waals surface area contributed by atoms with Gasteiger partial charge in [-0.25, -0.2) is 0 Å². The fraction of sp³-hybridized carbons (Fsp3) is 0.882. The van der Waals surface area contributed by atoms with Gasteiger partial charge in [-0.2, -0.15) is 8.42 Å². The molecule has 11 heteroatoms. The van der Waals surface area contributed by atoms with Crippen LogP contribution >= 0.6 is 0 Å². The molecule has 10 nitrogen and oxygen atoms in total. The standard InChI is InChI=1S/C17H24O10S/c1-7-10(20)12(21)16(5-18)14(11(7)28(22,23)24)27-13-9(26-8(2)19)4-15(16,3)17(13)6-25-17/h7,9,11-14,18,21H,4-6H2,1-3H3,(H,22,23,24)/t7-,9+,11?,12+,13-,14-,15-,16+,17?/m0/s1. The second-order valence-corrected chi connectivity index (χ2v) is 10.2. The van der Waals surface area contributed by atoms with Crippen molar-refractivity contribution in [1.29, 1.82) is 0 Å². The third-order valence-corrected chi connectivity index (χ3v) is 8.89. The van der Waals surface area contributed by atoms with Crippen LogP contribution in [0.25, 0.3) is 0 Å². The summed E-state index contributed by atoms with van der Waals surface area (Å²) in [5.74, 6) is -2.63. The number of ketones is 1. The second kappa shape index (κ2) is 5.73. The smallest absolute Gasteiger partial charge is 0.302 e. The number of Topliss-reactive ketones (excluding diaryl/α,β-unsaturated/α-hetero) is 1. The minimum absolute atomic E-state index is 0.102. The lowest BCUT2D eigenvalue weighted by atomic mass is 9.49. The van der Waals surface area contributed by atoms with Gasteiger partial charge in [0.15, 0.2) is 5.78 Å². The molecule has 0 aromatic carbocycles. The third-order valence-electron chi connectivity index (χ3n) is 7.54. The molecule has 0 aromatic rings. The van der Waals surface area contributed by atoms with Crippen LogP contribution in [0.5, 0.6) is 0 Å². The van der Waals surface area contributed by atoms with Gasteiger partial charge in [-0.05, 0) is 6.42 Å². The first kappa shape index (κ1) is 20.2. The number of aliphatic hydroxyl groups is 2. The summed E-state index contributed by atoms with van der Waals surface area (Å²) >= 11 is 0. The van der Waals surface area contributed by atoms with E-state index in [4.69, 9.17) is 14.2 Å². The van der Waals surface area contributed by atoms with E-state index in [9.17, 15) is 32.8 Å². The Morgan fingerprint density at radius 1 is 1.36 bits per heavy atom. The Labute approximate surface area is 161 Å². The summed E-state index contributed by atoms with van der Waals surface area (Å²) in [6, 6.07) is 0. The number of esters is 1. The van der Waals surface area contributed by atoms with Crippen LogP contribution in [0, 0.1) is 16.7 Å². The summed E-state index contributed by atoms with van der Waals surface area (Å²) in [6.45, 7) is 3.61. The van der Waals surface area contributed by atoms with Crippen molar-refractivity contribution in [2.24, 2.45) is 16.7 Å². The first-order valence-corrected chi connectivity index (χ1v) is 10.6. The molecule has 2 aliphatic heterocycles. The second-order valence-electron chi connectivity index (χ2n) is 8.61. The molecule has 3 N–H and O–H groups in total. The van der Waals surface area contributed by atoms with Gasteiger partial charge in [-0.1, -0.05) is 13.8 Å². The molecule has 28 heavy (non-hydrogen) atoms. The van der Waals surface area contributed by atoms with Gasteiger partial charge in [0, 0.05) is 18.3 Å². The molecule has 2 heterocycles. The molecular weight excluding hydrogens is 396 g/mol. The summed E-state index contributed by atoms with van der Waals surface area (Å²) in [5, 5.41) is 19.7. The molecule has 4 aliphatic rings. The number of hydrogen-bond donors (Lipinski definition) is 3. The Morgan fingerprint density at radius 3 is 2.43 bits per heavy atom. The predicted octanol–water partition coefficient (Wildman–Crippen LogP) is -1.32. The van der Waals surface area contributed by atoms with E-state index in [2.05, 4.69) is 0 Å². The van der Waals surface area contributed by atoms with Gasteiger partial charge in [-0.3, -0.25) is 14.1 Å². The lowest BCUT2D eigenvalue weighted by Crippen LogP contribution is -2.76. The van der Waals surface area contributed by atoms with Crippen molar-refractivity contribution in [1.82, 2.24) is 0 Å². The van der Waals surface area contributed by atoms with Gasteiger partial charge in [0.2, 0.25) is 0 Å². The van der Waals surface area contributed by atoms with Crippen LogP contribution in [0.4, 0.5) is 0 Å². The predicted molar refractivity (Wildman–Crippen MR) is 90.7 cm³/mol. The van der Waals surface area contributed by atoms with E-state index in [0.29, 0.717) is 0 Å². The zero-order valence-corrected chi connectivity index (χ0v) is 16.5. The van der Waals surface area contributed by atoms with Crippen LogP contribution in [0.3, 0.4) is 0 Å². The minimum atomic E-state index is -4.77. The van der Waals surface area contributed by atoms with Crippen LogP contribution in [0.15, 0.2) is 0 Å². The van der Waals surface area contributed by atoms with Crippen LogP contribution in [0.2, 0.25) is 0 Å². The highest BCUT2D eigenvalue weighted by atomic mass is 32.2. The largest absolute Gasteiger partial charge is 0.460 e. The number of aliphatic hydroxyl groups excluding tert-OH is 2. The average Bonchev–Trinajstić information content (AvgIpc) is 3.33. The van der Waals surface area contributed by atoms with E-state index < -0.39 is 80.5 Å². The van der Waals surface area contributed by atoms with Crippen LogP contribution in [-0.2, 0) is 33.9 Å². The normalized spacial score (nSPS) is 52.4. The third kappa shape index (κ3) is 2.12. The summed E-state index contributed by atoms with van der Waals surface area (Å²) in [6.07, 6.45) is -4.67. The summed E-state index contributed by atoms with van der Waals surface area (Å²) < 4.78 is 51.3. The van der Waals surface area contributed by atoms with E-state index in [1.54, 1.807) is 6.92 Å². The average molecular weight is 420 g/mol. The Morgan fingerprint density at radius 2 is 1.96 bits per heavy atom. The van der Waals surface area contributed by atoms with Crippen molar-refractivity contribution in [3.63, 3.8) is 0 Å². The first-order valence-electron chi connectivity index (χ1n) is 9.13. The maximum atomic E-state index is 12.8. The van der Waals surface area contributed by atoms with Gasteiger partial charge >= 0.3 is 5.97 Å². The number of carbonyl (C=O) groups excluding carboxylic acids is 2. The molecule has 4 fully saturated rings. The molecule has 2 bridgehead atoms. The lowest BCUT2D eigenvalue weighted by Gasteiger charge is -2.61. The molecule has 0 radical (unpaired) electrons. The van der Waals surface area contributed by atoms with Crippen molar-refractivity contribution in [2.75, 3.05) is 13.2 Å². The highest BCUT2D eigenvalue weighted by Gasteiger charge is 2.85. The van der Waals surface area contributed by atoms with E-state index in [1.165, 1.54) is 13.8 Å². The molecule has 4 rings (SSSR count). The Kier molecular flexibility index (Phi) is 4.13. The van der Waals surface area contributed by atoms with Crippen LogP contribution < -0.4 is 0 Å². The Balaban J connectivity index is 1.93. The number of ether oxygens (including phenoxy) is 3. The molecule has 0 amide bonds. The molecule has 2 unspecified atom stereocenters. The number of rotatable bonds is 3. The highest BCUT2D eigenvalue weighted by molar-refractivity contribution is 7.86. The molecular formula is C17H24O10S. The lowest BCUT2D eigenvalue weighted by molar-refractivity contribution is -0.267. The quantitative estimate of drug-likeness (QED) is 0.284.